The molecular weight excluding hydrogens is 316 g/mol. The summed E-state index contributed by atoms with van der Waals surface area (Å²) < 4.78 is 4.64. The van der Waals surface area contributed by atoms with E-state index in [1.807, 2.05) is 12.3 Å². The normalized spacial score (nSPS) is 10.2. The number of methoxy groups -OCH3 is 1. The number of rotatable bonds is 5. The minimum Gasteiger partial charge on any atom is -0.465 e. The van der Waals surface area contributed by atoms with E-state index >= 15 is 0 Å². The summed E-state index contributed by atoms with van der Waals surface area (Å²) >= 11 is 1.47. The molecule has 0 fully saturated rings. The minimum absolute atomic E-state index is 0.166. The molecule has 120 valence electrons. The zero-order valence-electron chi connectivity index (χ0n) is 13.0. The number of carbonyl (C=O) groups is 3. The fraction of sp³-hybridized carbons (Fsp3) is 0.250. The standard InChI is InChI=1S/C16H16N2O4S/c1-10-9-23-14(17-10)7-18(2)15(20)12-4-11(8-19)5-13(6-12)16(21)22-3/h4-6,8-9H,7H2,1-3H3. The van der Waals surface area contributed by atoms with Gasteiger partial charge in [-0.15, -0.1) is 11.3 Å². The van der Waals surface area contributed by atoms with Crippen molar-refractivity contribution in [1.29, 1.82) is 0 Å². The number of amides is 1. The van der Waals surface area contributed by atoms with E-state index in [2.05, 4.69) is 9.72 Å². The maximum Gasteiger partial charge on any atom is 0.337 e. The molecule has 0 aliphatic carbocycles. The third-order valence-electron chi connectivity index (χ3n) is 3.15. The summed E-state index contributed by atoms with van der Waals surface area (Å²) in [4.78, 5) is 41.0. The first-order chi connectivity index (χ1) is 10.9. The van der Waals surface area contributed by atoms with Gasteiger partial charge in [0, 0.05) is 29.2 Å². The average molecular weight is 332 g/mol. The van der Waals surface area contributed by atoms with Crippen molar-refractivity contribution in [3.8, 4) is 0 Å². The van der Waals surface area contributed by atoms with Gasteiger partial charge in [-0.05, 0) is 25.1 Å². The van der Waals surface area contributed by atoms with Crippen molar-refractivity contribution in [3.63, 3.8) is 0 Å². The molecular formula is C16H16N2O4S. The van der Waals surface area contributed by atoms with Crippen molar-refractivity contribution < 1.29 is 19.1 Å². The topological polar surface area (TPSA) is 76.6 Å². The SMILES string of the molecule is COC(=O)c1cc(C=O)cc(C(=O)N(C)Cc2nc(C)cs2)c1. The van der Waals surface area contributed by atoms with Gasteiger partial charge >= 0.3 is 5.97 Å². The van der Waals surface area contributed by atoms with Crippen LogP contribution in [-0.4, -0.2) is 42.2 Å². The molecule has 7 heteroatoms. The zero-order valence-corrected chi connectivity index (χ0v) is 13.8. The van der Waals surface area contributed by atoms with E-state index in [1.54, 1.807) is 7.05 Å². The zero-order chi connectivity index (χ0) is 17.0. The molecule has 0 unspecified atom stereocenters. The summed E-state index contributed by atoms with van der Waals surface area (Å²) in [5, 5.41) is 2.73. The van der Waals surface area contributed by atoms with Gasteiger partial charge in [0.2, 0.25) is 0 Å². The maximum absolute atomic E-state index is 12.5. The van der Waals surface area contributed by atoms with Crippen LogP contribution in [-0.2, 0) is 11.3 Å². The molecule has 2 aromatic rings. The number of aryl methyl sites for hydroxylation is 1. The van der Waals surface area contributed by atoms with Crippen molar-refractivity contribution in [2.75, 3.05) is 14.2 Å². The highest BCUT2D eigenvalue weighted by Crippen LogP contribution is 2.15. The molecule has 0 radical (unpaired) electrons. The summed E-state index contributed by atoms with van der Waals surface area (Å²) in [6.45, 7) is 2.24. The molecule has 0 N–H and O–H groups in total. The molecule has 1 amide bonds. The highest BCUT2D eigenvalue weighted by molar-refractivity contribution is 7.09. The van der Waals surface area contributed by atoms with E-state index in [0.29, 0.717) is 12.8 Å². The molecule has 0 spiro atoms. The van der Waals surface area contributed by atoms with Gasteiger partial charge in [0.15, 0.2) is 0 Å². The van der Waals surface area contributed by atoms with E-state index in [-0.39, 0.29) is 22.6 Å². The number of hydrogen-bond acceptors (Lipinski definition) is 6. The van der Waals surface area contributed by atoms with E-state index < -0.39 is 5.97 Å². The number of thiazole rings is 1. The quantitative estimate of drug-likeness (QED) is 0.620. The molecule has 0 bridgehead atoms. The summed E-state index contributed by atoms with van der Waals surface area (Å²) in [5.41, 5.74) is 1.57. The Kier molecular flexibility index (Phi) is 5.23. The van der Waals surface area contributed by atoms with Crippen LogP contribution in [0.3, 0.4) is 0 Å². The van der Waals surface area contributed by atoms with E-state index in [4.69, 9.17) is 0 Å². The van der Waals surface area contributed by atoms with Crippen LogP contribution in [0.1, 0.15) is 41.8 Å². The lowest BCUT2D eigenvalue weighted by Crippen LogP contribution is -2.26. The van der Waals surface area contributed by atoms with Crippen LogP contribution in [0.2, 0.25) is 0 Å². The van der Waals surface area contributed by atoms with Crippen LogP contribution in [0, 0.1) is 6.92 Å². The smallest absolute Gasteiger partial charge is 0.337 e. The first-order valence-corrected chi connectivity index (χ1v) is 7.67. The fourth-order valence-corrected chi connectivity index (χ4v) is 2.87. The molecule has 1 aromatic carbocycles. The molecule has 6 nitrogen and oxygen atoms in total. The molecule has 1 aromatic heterocycles. The Morgan fingerprint density at radius 3 is 2.57 bits per heavy atom. The van der Waals surface area contributed by atoms with Crippen molar-refractivity contribution in [1.82, 2.24) is 9.88 Å². The largest absolute Gasteiger partial charge is 0.465 e. The number of hydrogen-bond donors (Lipinski definition) is 0. The third kappa shape index (κ3) is 4.01. The van der Waals surface area contributed by atoms with Crippen molar-refractivity contribution in [3.05, 3.63) is 51.0 Å². The van der Waals surface area contributed by atoms with Gasteiger partial charge < -0.3 is 9.64 Å². The number of benzene rings is 1. The highest BCUT2D eigenvalue weighted by Gasteiger charge is 2.17. The van der Waals surface area contributed by atoms with Crippen molar-refractivity contribution in [2.24, 2.45) is 0 Å². The van der Waals surface area contributed by atoms with Gasteiger partial charge in [0.05, 0.1) is 19.2 Å². The minimum atomic E-state index is -0.596. The van der Waals surface area contributed by atoms with Gasteiger partial charge in [0.25, 0.3) is 5.91 Å². The second kappa shape index (κ2) is 7.15. The summed E-state index contributed by atoms with van der Waals surface area (Å²) in [7, 11) is 2.89. The Morgan fingerprint density at radius 1 is 1.30 bits per heavy atom. The van der Waals surface area contributed by atoms with Gasteiger partial charge in [-0.3, -0.25) is 9.59 Å². The Morgan fingerprint density at radius 2 is 2.00 bits per heavy atom. The molecule has 0 saturated heterocycles. The number of ether oxygens (including phenoxy) is 1. The number of aromatic nitrogens is 1. The van der Waals surface area contributed by atoms with Crippen LogP contribution in [0.25, 0.3) is 0 Å². The van der Waals surface area contributed by atoms with Crippen LogP contribution in [0.15, 0.2) is 23.6 Å². The second-order valence-corrected chi connectivity index (χ2v) is 5.94. The van der Waals surface area contributed by atoms with Crippen LogP contribution in [0.4, 0.5) is 0 Å². The van der Waals surface area contributed by atoms with Crippen molar-refractivity contribution >= 4 is 29.5 Å². The maximum atomic E-state index is 12.5. The lowest BCUT2D eigenvalue weighted by molar-refractivity contribution is 0.0600. The lowest BCUT2D eigenvalue weighted by Gasteiger charge is -2.16. The van der Waals surface area contributed by atoms with E-state index in [0.717, 1.165) is 10.7 Å². The molecule has 0 atom stereocenters. The molecule has 0 aliphatic rings. The molecule has 0 saturated carbocycles. The first kappa shape index (κ1) is 16.8. The Labute approximate surface area is 137 Å². The summed E-state index contributed by atoms with van der Waals surface area (Å²) in [5.74, 6) is -0.896. The monoisotopic (exact) mass is 332 g/mol. The predicted molar refractivity (Wildman–Crippen MR) is 85.8 cm³/mol. The van der Waals surface area contributed by atoms with Gasteiger partial charge in [0.1, 0.15) is 11.3 Å². The van der Waals surface area contributed by atoms with E-state index in [1.165, 1.54) is 41.5 Å². The van der Waals surface area contributed by atoms with Gasteiger partial charge in [-0.2, -0.15) is 0 Å². The number of esters is 1. The van der Waals surface area contributed by atoms with Crippen LogP contribution < -0.4 is 0 Å². The summed E-state index contributed by atoms with van der Waals surface area (Å²) in [6, 6.07) is 4.26. The first-order valence-electron chi connectivity index (χ1n) is 6.79. The highest BCUT2D eigenvalue weighted by atomic mass is 32.1. The third-order valence-corrected chi connectivity index (χ3v) is 4.10. The molecule has 1 heterocycles. The summed E-state index contributed by atoms with van der Waals surface area (Å²) in [6.07, 6.45) is 0.591. The van der Waals surface area contributed by atoms with Gasteiger partial charge in [-0.25, -0.2) is 9.78 Å². The average Bonchev–Trinajstić information content (AvgIpc) is 2.97. The Bertz CT molecular complexity index is 754. The van der Waals surface area contributed by atoms with Gasteiger partial charge in [-0.1, -0.05) is 0 Å². The fourth-order valence-electron chi connectivity index (χ4n) is 2.05. The number of carbonyl (C=O) groups excluding carboxylic acids is 3. The molecule has 0 aliphatic heterocycles. The second-order valence-electron chi connectivity index (χ2n) is 5.00. The molecule has 23 heavy (non-hydrogen) atoms. The molecule has 2 rings (SSSR count). The number of nitrogens with zero attached hydrogens (tertiary/aromatic N) is 2. The van der Waals surface area contributed by atoms with Crippen LogP contribution >= 0.6 is 11.3 Å². The lowest BCUT2D eigenvalue weighted by atomic mass is 10.1. The predicted octanol–water partition coefficient (Wildman–Crippen LogP) is 2.32. The van der Waals surface area contributed by atoms with Crippen molar-refractivity contribution in [2.45, 2.75) is 13.5 Å². The van der Waals surface area contributed by atoms with Crippen LogP contribution in [0.5, 0.6) is 0 Å². The van der Waals surface area contributed by atoms with E-state index in [9.17, 15) is 14.4 Å². The number of aldehydes is 1. The Balaban J connectivity index is 2.26. The Hall–Kier alpha value is -2.54.